The summed E-state index contributed by atoms with van der Waals surface area (Å²) < 4.78 is 5.11. The van der Waals surface area contributed by atoms with Crippen LogP contribution in [0.1, 0.15) is 12.0 Å². The van der Waals surface area contributed by atoms with Crippen LogP contribution in [-0.2, 0) is 11.3 Å². The largest absolute Gasteiger partial charge is 0.497 e. The number of aliphatic carboxylic acids is 1. The van der Waals surface area contributed by atoms with Gasteiger partial charge in [-0.25, -0.2) is 0 Å². The number of nitrogens with two attached hydrogens (primary N) is 1. The molecule has 0 saturated carbocycles. The van der Waals surface area contributed by atoms with Gasteiger partial charge in [-0.1, -0.05) is 12.1 Å². The molecule has 0 fully saturated rings. The first kappa shape index (κ1) is 13.5. The highest BCUT2D eigenvalue weighted by Gasteiger charge is 2.09. The van der Waals surface area contributed by atoms with Crippen LogP contribution in [0.2, 0.25) is 0 Å². The highest BCUT2D eigenvalue weighted by molar-refractivity contribution is 5.72. The van der Waals surface area contributed by atoms with Crippen molar-refractivity contribution in [1.82, 2.24) is 5.32 Å². The van der Waals surface area contributed by atoms with Crippen molar-refractivity contribution in [2.45, 2.75) is 19.0 Å². The molecular weight excluding hydrogens is 220 g/mol. The molecule has 0 aliphatic rings. The number of carbonyl (C=O) groups is 1. The molecule has 0 radical (unpaired) electrons. The van der Waals surface area contributed by atoms with Gasteiger partial charge in [0.15, 0.2) is 0 Å². The molecule has 0 saturated heterocycles. The van der Waals surface area contributed by atoms with Gasteiger partial charge < -0.3 is 20.9 Å². The molecular formula is C12H18N2O3. The molecule has 4 N–H and O–H groups in total. The Morgan fingerprint density at radius 1 is 1.59 bits per heavy atom. The van der Waals surface area contributed by atoms with Crippen molar-refractivity contribution in [3.8, 4) is 5.75 Å². The van der Waals surface area contributed by atoms with Crippen molar-refractivity contribution in [1.29, 1.82) is 0 Å². The molecule has 1 atom stereocenters. The summed E-state index contributed by atoms with van der Waals surface area (Å²) in [6.07, 6.45) is 0.416. The average molecular weight is 238 g/mol. The van der Waals surface area contributed by atoms with E-state index in [2.05, 4.69) is 5.32 Å². The zero-order valence-corrected chi connectivity index (χ0v) is 9.85. The zero-order chi connectivity index (χ0) is 12.7. The fourth-order valence-corrected chi connectivity index (χ4v) is 1.40. The first-order valence-electron chi connectivity index (χ1n) is 5.45. The fourth-order valence-electron chi connectivity index (χ4n) is 1.40. The van der Waals surface area contributed by atoms with Crippen LogP contribution in [0, 0.1) is 0 Å². The topological polar surface area (TPSA) is 84.6 Å². The molecule has 1 aromatic carbocycles. The number of hydrogen-bond acceptors (Lipinski definition) is 4. The smallest absolute Gasteiger partial charge is 0.320 e. The molecule has 5 nitrogen and oxygen atoms in total. The monoisotopic (exact) mass is 238 g/mol. The maximum absolute atomic E-state index is 10.5. The first-order valence-corrected chi connectivity index (χ1v) is 5.45. The second-order valence-electron chi connectivity index (χ2n) is 3.76. The van der Waals surface area contributed by atoms with Crippen molar-refractivity contribution >= 4 is 5.97 Å². The number of carboxylic acid groups (broad SMARTS) is 1. The van der Waals surface area contributed by atoms with E-state index >= 15 is 0 Å². The van der Waals surface area contributed by atoms with Gasteiger partial charge in [-0.3, -0.25) is 4.79 Å². The maximum Gasteiger partial charge on any atom is 0.320 e. The fraction of sp³-hybridized carbons (Fsp3) is 0.417. The molecule has 0 amide bonds. The number of methoxy groups -OCH3 is 1. The van der Waals surface area contributed by atoms with Crippen LogP contribution < -0.4 is 15.8 Å². The van der Waals surface area contributed by atoms with Crippen LogP contribution in [0.5, 0.6) is 5.75 Å². The normalized spacial score (nSPS) is 12.1. The van der Waals surface area contributed by atoms with Gasteiger partial charge in [0.25, 0.3) is 0 Å². The SMILES string of the molecule is COc1cccc(CNCCC(N)C(=O)O)c1. The molecule has 0 bridgehead atoms. The Labute approximate surface area is 101 Å². The molecule has 94 valence electrons. The van der Waals surface area contributed by atoms with E-state index < -0.39 is 12.0 Å². The van der Waals surface area contributed by atoms with Gasteiger partial charge in [0.2, 0.25) is 0 Å². The van der Waals surface area contributed by atoms with Crippen molar-refractivity contribution in [3.63, 3.8) is 0 Å². The Balaban J connectivity index is 2.28. The number of nitrogens with one attached hydrogen (secondary N) is 1. The number of hydrogen-bond donors (Lipinski definition) is 3. The van der Waals surface area contributed by atoms with E-state index in [0.717, 1.165) is 11.3 Å². The molecule has 0 aliphatic carbocycles. The van der Waals surface area contributed by atoms with Crippen molar-refractivity contribution in [3.05, 3.63) is 29.8 Å². The highest BCUT2D eigenvalue weighted by Crippen LogP contribution is 2.11. The van der Waals surface area contributed by atoms with E-state index in [9.17, 15) is 4.79 Å². The van der Waals surface area contributed by atoms with Crippen LogP contribution in [-0.4, -0.2) is 30.8 Å². The number of carboxylic acids is 1. The third-order valence-corrected chi connectivity index (χ3v) is 2.41. The summed E-state index contributed by atoms with van der Waals surface area (Å²) in [5.74, 6) is -0.153. The molecule has 1 aromatic rings. The van der Waals surface area contributed by atoms with Gasteiger partial charge in [0.1, 0.15) is 11.8 Å². The minimum atomic E-state index is -0.965. The lowest BCUT2D eigenvalue weighted by molar-refractivity contribution is -0.138. The summed E-state index contributed by atoms with van der Waals surface area (Å²) in [6, 6.07) is 6.91. The van der Waals surface area contributed by atoms with E-state index in [-0.39, 0.29) is 0 Å². The Morgan fingerprint density at radius 2 is 2.35 bits per heavy atom. The number of ether oxygens (including phenoxy) is 1. The number of rotatable bonds is 7. The van der Waals surface area contributed by atoms with Gasteiger partial charge in [-0.2, -0.15) is 0 Å². The van der Waals surface area contributed by atoms with Crippen molar-refractivity contribution < 1.29 is 14.6 Å². The summed E-state index contributed by atoms with van der Waals surface area (Å²) in [5, 5.41) is 11.7. The molecule has 0 aromatic heterocycles. The van der Waals surface area contributed by atoms with E-state index in [1.54, 1.807) is 7.11 Å². The lowest BCUT2D eigenvalue weighted by Gasteiger charge is -2.08. The van der Waals surface area contributed by atoms with E-state index in [1.165, 1.54) is 0 Å². The van der Waals surface area contributed by atoms with Crippen LogP contribution in [0.3, 0.4) is 0 Å². The summed E-state index contributed by atoms with van der Waals surface area (Å²) in [4.78, 5) is 10.5. The summed E-state index contributed by atoms with van der Waals surface area (Å²) in [7, 11) is 1.62. The minimum Gasteiger partial charge on any atom is -0.497 e. The lowest BCUT2D eigenvalue weighted by atomic mass is 10.2. The molecule has 5 heteroatoms. The Kier molecular flexibility index (Phi) is 5.45. The standard InChI is InChI=1S/C12H18N2O3/c1-17-10-4-2-3-9(7-10)8-14-6-5-11(13)12(15)16/h2-4,7,11,14H,5-6,8,13H2,1H3,(H,15,16). The van der Waals surface area contributed by atoms with Crippen LogP contribution in [0.25, 0.3) is 0 Å². The van der Waals surface area contributed by atoms with Gasteiger partial charge in [0, 0.05) is 6.54 Å². The Hall–Kier alpha value is -1.59. The van der Waals surface area contributed by atoms with Crippen molar-refractivity contribution in [2.75, 3.05) is 13.7 Å². The Morgan fingerprint density at radius 3 is 3.00 bits per heavy atom. The van der Waals surface area contributed by atoms with Crippen LogP contribution >= 0.6 is 0 Å². The second-order valence-corrected chi connectivity index (χ2v) is 3.76. The third kappa shape index (κ3) is 4.84. The zero-order valence-electron chi connectivity index (χ0n) is 9.85. The second kappa shape index (κ2) is 6.88. The molecule has 17 heavy (non-hydrogen) atoms. The van der Waals surface area contributed by atoms with Gasteiger partial charge in [-0.05, 0) is 30.7 Å². The third-order valence-electron chi connectivity index (χ3n) is 2.41. The lowest BCUT2D eigenvalue weighted by Crippen LogP contribution is -2.33. The predicted molar refractivity (Wildman–Crippen MR) is 64.9 cm³/mol. The first-order chi connectivity index (χ1) is 8.13. The minimum absolute atomic E-state index is 0.416. The molecule has 0 spiro atoms. The number of benzene rings is 1. The van der Waals surface area contributed by atoms with Crippen LogP contribution in [0.4, 0.5) is 0 Å². The Bertz CT molecular complexity index is 369. The molecule has 0 aliphatic heterocycles. The average Bonchev–Trinajstić information content (AvgIpc) is 2.34. The molecule has 0 heterocycles. The summed E-state index contributed by atoms with van der Waals surface area (Å²) in [6.45, 7) is 1.24. The molecule has 1 rings (SSSR count). The van der Waals surface area contributed by atoms with E-state index in [4.69, 9.17) is 15.6 Å². The van der Waals surface area contributed by atoms with Gasteiger partial charge in [-0.15, -0.1) is 0 Å². The summed E-state index contributed by atoms with van der Waals surface area (Å²) >= 11 is 0. The molecule has 1 unspecified atom stereocenters. The predicted octanol–water partition coefficient (Wildman–Crippen LogP) is 0.587. The van der Waals surface area contributed by atoms with Gasteiger partial charge in [0.05, 0.1) is 7.11 Å². The maximum atomic E-state index is 10.5. The van der Waals surface area contributed by atoms with Crippen molar-refractivity contribution in [2.24, 2.45) is 5.73 Å². The van der Waals surface area contributed by atoms with E-state index in [1.807, 2.05) is 24.3 Å². The van der Waals surface area contributed by atoms with Gasteiger partial charge >= 0.3 is 5.97 Å². The van der Waals surface area contributed by atoms with E-state index in [0.29, 0.717) is 19.5 Å². The highest BCUT2D eigenvalue weighted by atomic mass is 16.5. The van der Waals surface area contributed by atoms with Crippen LogP contribution in [0.15, 0.2) is 24.3 Å². The summed E-state index contributed by atoms with van der Waals surface area (Å²) in [5.41, 5.74) is 6.47. The quantitative estimate of drug-likeness (QED) is 0.605.